The zero-order valence-electron chi connectivity index (χ0n) is 15.4. The lowest BCUT2D eigenvalue weighted by molar-refractivity contribution is -0.117. The maximum atomic E-state index is 13.0. The molecule has 0 bridgehead atoms. The second-order valence-corrected chi connectivity index (χ2v) is 9.08. The van der Waals surface area contributed by atoms with Gasteiger partial charge in [-0.25, -0.2) is 13.1 Å². The normalized spacial score (nSPS) is 20.0. The summed E-state index contributed by atoms with van der Waals surface area (Å²) in [7, 11) is -3.63. The van der Waals surface area contributed by atoms with E-state index in [-0.39, 0.29) is 16.8 Å². The molecule has 2 aromatic carbocycles. The minimum absolute atomic E-state index is 0.102. The van der Waals surface area contributed by atoms with Crippen LogP contribution in [0.2, 0.25) is 0 Å². The van der Waals surface area contributed by atoms with Crippen molar-refractivity contribution in [3.63, 3.8) is 0 Å². The largest absolute Gasteiger partial charge is 0.312 e. The summed E-state index contributed by atoms with van der Waals surface area (Å²) >= 11 is 0. The molecule has 2 aromatic rings. The van der Waals surface area contributed by atoms with Gasteiger partial charge in [-0.3, -0.25) is 4.79 Å². The van der Waals surface area contributed by atoms with Crippen LogP contribution in [-0.2, 0) is 21.2 Å². The molecule has 1 aliphatic heterocycles. The predicted molar refractivity (Wildman–Crippen MR) is 105 cm³/mol. The van der Waals surface area contributed by atoms with E-state index in [0.717, 1.165) is 42.5 Å². The highest BCUT2D eigenvalue weighted by Crippen LogP contribution is 2.32. The SMILES string of the molecule is Cc1cc(S(=O)(=O)NC2CCCc3ccccc32)ccc1N1CCCC1=O. The van der Waals surface area contributed by atoms with Crippen LogP contribution in [0.15, 0.2) is 47.4 Å². The quantitative estimate of drug-likeness (QED) is 0.878. The minimum atomic E-state index is -3.63. The third-order valence-corrected chi connectivity index (χ3v) is 6.98. The lowest BCUT2D eigenvalue weighted by atomic mass is 9.88. The van der Waals surface area contributed by atoms with E-state index >= 15 is 0 Å². The standard InChI is InChI=1S/C21H24N2O3S/c1-15-14-17(11-12-20(15)23-13-5-10-21(23)24)27(25,26)22-19-9-4-7-16-6-2-3-8-18(16)19/h2-3,6,8,11-12,14,19,22H,4-5,7,9-10,13H2,1H3. The van der Waals surface area contributed by atoms with E-state index in [1.165, 1.54) is 5.56 Å². The van der Waals surface area contributed by atoms with Crippen molar-refractivity contribution in [3.05, 3.63) is 59.2 Å². The molecular formula is C21H24N2O3S. The van der Waals surface area contributed by atoms with Crippen LogP contribution >= 0.6 is 0 Å². The van der Waals surface area contributed by atoms with Crippen molar-refractivity contribution in [2.24, 2.45) is 0 Å². The van der Waals surface area contributed by atoms with Crippen molar-refractivity contribution < 1.29 is 13.2 Å². The van der Waals surface area contributed by atoms with Crippen LogP contribution < -0.4 is 9.62 Å². The molecule has 1 fully saturated rings. The van der Waals surface area contributed by atoms with Crippen LogP contribution in [0.25, 0.3) is 0 Å². The molecule has 5 nitrogen and oxygen atoms in total. The molecule has 0 radical (unpaired) electrons. The first-order chi connectivity index (χ1) is 13.0. The van der Waals surface area contributed by atoms with Crippen LogP contribution in [0.4, 0.5) is 5.69 Å². The zero-order valence-corrected chi connectivity index (χ0v) is 16.3. The number of anilines is 1. The van der Waals surface area contributed by atoms with Crippen molar-refractivity contribution in [1.82, 2.24) is 4.72 Å². The molecule has 142 valence electrons. The van der Waals surface area contributed by atoms with Crippen molar-refractivity contribution in [2.45, 2.75) is 50.0 Å². The van der Waals surface area contributed by atoms with E-state index in [1.807, 2.05) is 25.1 Å². The van der Waals surface area contributed by atoms with E-state index in [9.17, 15) is 13.2 Å². The molecule has 1 heterocycles. The first-order valence-corrected chi connectivity index (χ1v) is 11.0. The molecule has 0 spiro atoms. The van der Waals surface area contributed by atoms with Gasteiger partial charge in [0.05, 0.1) is 4.90 Å². The number of hydrogen-bond acceptors (Lipinski definition) is 3. The molecule has 4 rings (SSSR count). The summed E-state index contributed by atoms with van der Waals surface area (Å²) in [6.07, 6.45) is 4.17. The van der Waals surface area contributed by atoms with Crippen LogP contribution in [0.3, 0.4) is 0 Å². The highest BCUT2D eigenvalue weighted by Gasteiger charge is 2.27. The van der Waals surface area contributed by atoms with Crippen LogP contribution in [0.1, 0.15) is 48.4 Å². The summed E-state index contributed by atoms with van der Waals surface area (Å²) in [6.45, 7) is 2.55. The Labute approximate surface area is 160 Å². The molecule has 1 saturated heterocycles. The summed E-state index contributed by atoms with van der Waals surface area (Å²) in [5.74, 6) is 0.102. The number of rotatable bonds is 4. The highest BCUT2D eigenvalue weighted by atomic mass is 32.2. The molecule has 27 heavy (non-hydrogen) atoms. The van der Waals surface area contributed by atoms with Gasteiger partial charge in [-0.15, -0.1) is 0 Å². The Balaban J connectivity index is 1.60. The van der Waals surface area contributed by atoms with Crippen molar-refractivity contribution in [1.29, 1.82) is 0 Å². The molecule has 1 aliphatic carbocycles. The Kier molecular flexibility index (Phi) is 4.78. The fraction of sp³-hybridized carbons (Fsp3) is 0.381. The molecule has 2 aliphatic rings. The minimum Gasteiger partial charge on any atom is -0.312 e. The Morgan fingerprint density at radius 3 is 2.63 bits per heavy atom. The number of aryl methyl sites for hydroxylation is 2. The number of sulfonamides is 1. The van der Waals surface area contributed by atoms with Crippen LogP contribution in [-0.4, -0.2) is 20.9 Å². The van der Waals surface area contributed by atoms with Gasteiger partial charge in [0.25, 0.3) is 0 Å². The molecule has 1 N–H and O–H groups in total. The Bertz CT molecular complexity index is 985. The average molecular weight is 385 g/mol. The summed E-state index contributed by atoms with van der Waals surface area (Å²) in [5, 5.41) is 0. The molecule has 6 heteroatoms. The first kappa shape index (κ1) is 18.2. The van der Waals surface area contributed by atoms with E-state index in [4.69, 9.17) is 0 Å². The first-order valence-electron chi connectivity index (χ1n) is 9.47. The number of hydrogen-bond donors (Lipinski definition) is 1. The third kappa shape index (κ3) is 3.51. The van der Waals surface area contributed by atoms with Crippen molar-refractivity contribution in [2.75, 3.05) is 11.4 Å². The Hall–Kier alpha value is -2.18. The molecule has 1 unspecified atom stereocenters. The predicted octanol–water partition coefficient (Wildman–Crippen LogP) is 3.48. The topological polar surface area (TPSA) is 66.5 Å². The third-order valence-electron chi connectivity index (χ3n) is 5.51. The number of nitrogens with zero attached hydrogens (tertiary/aromatic N) is 1. The van der Waals surface area contributed by atoms with E-state index < -0.39 is 10.0 Å². The molecule has 0 aromatic heterocycles. The summed E-state index contributed by atoms with van der Waals surface area (Å²) in [5.41, 5.74) is 3.90. The molecule has 0 saturated carbocycles. The number of fused-ring (bicyclic) bond motifs is 1. The van der Waals surface area contributed by atoms with Gasteiger partial charge in [0.2, 0.25) is 15.9 Å². The number of nitrogens with one attached hydrogen (secondary N) is 1. The Morgan fingerprint density at radius 2 is 1.89 bits per heavy atom. The van der Waals surface area contributed by atoms with Gasteiger partial charge in [-0.05, 0) is 67.5 Å². The second-order valence-electron chi connectivity index (χ2n) is 7.36. The van der Waals surface area contributed by atoms with Crippen LogP contribution in [0, 0.1) is 6.92 Å². The lowest BCUT2D eigenvalue weighted by Gasteiger charge is -2.26. The van der Waals surface area contributed by atoms with Gasteiger partial charge in [0.1, 0.15) is 0 Å². The molecular weight excluding hydrogens is 360 g/mol. The summed E-state index contributed by atoms with van der Waals surface area (Å²) in [4.78, 5) is 14.0. The second kappa shape index (κ2) is 7.09. The van der Waals surface area contributed by atoms with Gasteiger partial charge in [0, 0.05) is 24.7 Å². The molecule has 1 atom stereocenters. The van der Waals surface area contributed by atoms with Gasteiger partial charge in [0.15, 0.2) is 0 Å². The van der Waals surface area contributed by atoms with E-state index in [2.05, 4.69) is 10.8 Å². The number of carbonyl (C=O) groups is 1. The number of carbonyl (C=O) groups excluding carboxylic acids is 1. The van der Waals surface area contributed by atoms with E-state index in [0.29, 0.717) is 13.0 Å². The average Bonchev–Trinajstić information content (AvgIpc) is 3.07. The smallest absolute Gasteiger partial charge is 0.241 e. The summed E-state index contributed by atoms with van der Waals surface area (Å²) in [6, 6.07) is 12.9. The number of benzene rings is 2. The molecule has 1 amide bonds. The van der Waals surface area contributed by atoms with Gasteiger partial charge in [-0.2, -0.15) is 0 Å². The highest BCUT2D eigenvalue weighted by molar-refractivity contribution is 7.89. The monoisotopic (exact) mass is 384 g/mol. The summed E-state index contributed by atoms with van der Waals surface area (Å²) < 4.78 is 28.8. The Morgan fingerprint density at radius 1 is 1.07 bits per heavy atom. The van der Waals surface area contributed by atoms with Gasteiger partial charge >= 0.3 is 0 Å². The maximum Gasteiger partial charge on any atom is 0.241 e. The van der Waals surface area contributed by atoms with Crippen molar-refractivity contribution >= 4 is 21.6 Å². The zero-order chi connectivity index (χ0) is 19.0. The van der Waals surface area contributed by atoms with E-state index in [1.54, 1.807) is 23.1 Å². The fourth-order valence-corrected chi connectivity index (χ4v) is 5.47. The van der Waals surface area contributed by atoms with Crippen LogP contribution in [0.5, 0.6) is 0 Å². The maximum absolute atomic E-state index is 13.0. The van der Waals surface area contributed by atoms with Crippen molar-refractivity contribution in [3.8, 4) is 0 Å². The lowest BCUT2D eigenvalue weighted by Crippen LogP contribution is -2.31. The van der Waals surface area contributed by atoms with Gasteiger partial charge < -0.3 is 4.90 Å². The van der Waals surface area contributed by atoms with Gasteiger partial charge in [-0.1, -0.05) is 24.3 Å². The fourth-order valence-electron chi connectivity index (χ4n) is 4.13. The number of amides is 1.